The van der Waals surface area contributed by atoms with E-state index in [4.69, 9.17) is 5.73 Å². The fourth-order valence-corrected chi connectivity index (χ4v) is 3.61. The summed E-state index contributed by atoms with van der Waals surface area (Å²) < 4.78 is 0. The second-order valence-corrected chi connectivity index (χ2v) is 6.11. The van der Waals surface area contributed by atoms with Crippen LogP contribution in [0.3, 0.4) is 0 Å². The summed E-state index contributed by atoms with van der Waals surface area (Å²) >= 11 is 0. The van der Waals surface area contributed by atoms with Crippen molar-refractivity contribution >= 4 is 0 Å². The Morgan fingerprint density at radius 3 is 2.35 bits per heavy atom. The Morgan fingerprint density at radius 2 is 1.71 bits per heavy atom. The van der Waals surface area contributed by atoms with Crippen molar-refractivity contribution in [3.05, 3.63) is 35.4 Å². The van der Waals surface area contributed by atoms with Crippen molar-refractivity contribution in [1.29, 1.82) is 0 Å². The zero-order valence-corrected chi connectivity index (χ0v) is 10.8. The van der Waals surface area contributed by atoms with E-state index in [1.165, 1.54) is 49.7 Å². The minimum absolute atomic E-state index is 0.135. The molecule has 2 atom stereocenters. The normalized spacial score (nSPS) is 33.6. The second kappa shape index (κ2) is 4.13. The highest BCUT2D eigenvalue weighted by atomic mass is 14.9. The van der Waals surface area contributed by atoms with Crippen molar-refractivity contribution in [1.82, 2.24) is 0 Å². The van der Waals surface area contributed by atoms with Crippen LogP contribution < -0.4 is 5.73 Å². The third-order valence-electron chi connectivity index (χ3n) is 4.89. The monoisotopic (exact) mass is 229 g/mol. The molecule has 2 aliphatic rings. The second-order valence-electron chi connectivity index (χ2n) is 6.11. The van der Waals surface area contributed by atoms with Gasteiger partial charge in [0.2, 0.25) is 0 Å². The third kappa shape index (κ3) is 2.01. The lowest BCUT2D eigenvalue weighted by molar-refractivity contribution is 0.286. The van der Waals surface area contributed by atoms with Crippen LogP contribution >= 0.6 is 0 Å². The summed E-state index contributed by atoms with van der Waals surface area (Å²) in [4.78, 5) is 0. The minimum atomic E-state index is 0.135. The van der Waals surface area contributed by atoms with Gasteiger partial charge >= 0.3 is 0 Å². The number of aryl methyl sites for hydroxylation is 1. The average Bonchev–Trinajstić information content (AvgIpc) is 3.05. The van der Waals surface area contributed by atoms with Crippen LogP contribution in [0.1, 0.15) is 55.6 Å². The number of hydrogen-bond acceptors (Lipinski definition) is 1. The number of nitrogens with two attached hydrogens (primary N) is 1. The summed E-state index contributed by atoms with van der Waals surface area (Å²) in [6.45, 7) is 2.15. The van der Waals surface area contributed by atoms with Gasteiger partial charge in [0.15, 0.2) is 0 Å². The molecule has 1 heteroatoms. The van der Waals surface area contributed by atoms with Crippen LogP contribution in [-0.4, -0.2) is 5.54 Å². The van der Waals surface area contributed by atoms with Crippen LogP contribution in [0.15, 0.2) is 24.3 Å². The van der Waals surface area contributed by atoms with E-state index >= 15 is 0 Å². The van der Waals surface area contributed by atoms with Crippen LogP contribution in [0.4, 0.5) is 0 Å². The first-order valence-corrected chi connectivity index (χ1v) is 7.05. The maximum Gasteiger partial charge on any atom is 0.0259 e. The first-order valence-electron chi connectivity index (χ1n) is 7.05. The van der Waals surface area contributed by atoms with E-state index in [0.29, 0.717) is 5.92 Å². The van der Waals surface area contributed by atoms with E-state index in [2.05, 4.69) is 31.2 Å². The fourth-order valence-electron chi connectivity index (χ4n) is 3.61. The molecule has 2 unspecified atom stereocenters. The highest BCUT2D eigenvalue weighted by molar-refractivity contribution is 5.35. The summed E-state index contributed by atoms with van der Waals surface area (Å²) in [7, 11) is 0. The zero-order valence-electron chi connectivity index (χ0n) is 10.8. The summed E-state index contributed by atoms with van der Waals surface area (Å²) in [6, 6.07) is 8.98. The SMILES string of the molecule is Cc1ccc(C2CC2(N)C2CCCCC2)cc1. The predicted octanol–water partition coefficient (Wildman–Crippen LogP) is 3.76. The van der Waals surface area contributed by atoms with Gasteiger partial charge in [-0.05, 0) is 37.7 Å². The summed E-state index contributed by atoms with van der Waals surface area (Å²) in [6.07, 6.45) is 8.13. The van der Waals surface area contributed by atoms with Gasteiger partial charge in [-0.25, -0.2) is 0 Å². The van der Waals surface area contributed by atoms with Gasteiger partial charge in [-0.2, -0.15) is 0 Å². The topological polar surface area (TPSA) is 26.0 Å². The van der Waals surface area contributed by atoms with Gasteiger partial charge in [-0.3, -0.25) is 0 Å². The molecule has 0 spiro atoms. The molecule has 0 aromatic heterocycles. The molecule has 17 heavy (non-hydrogen) atoms. The van der Waals surface area contributed by atoms with E-state index < -0.39 is 0 Å². The minimum Gasteiger partial charge on any atom is -0.324 e. The van der Waals surface area contributed by atoms with Gasteiger partial charge < -0.3 is 5.73 Å². The Bertz CT molecular complexity index is 388. The van der Waals surface area contributed by atoms with Crippen molar-refractivity contribution in [2.24, 2.45) is 11.7 Å². The molecule has 2 fully saturated rings. The van der Waals surface area contributed by atoms with Crippen molar-refractivity contribution < 1.29 is 0 Å². The van der Waals surface area contributed by atoms with Crippen molar-refractivity contribution in [2.75, 3.05) is 0 Å². The van der Waals surface area contributed by atoms with E-state index in [9.17, 15) is 0 Å². The van der Waals surface area contributed by atoms with E-state index in [0.717, 1.165) is 5.92 Å². The number of benzene rings is 1. The number of rotatable bonds is 2. The Hall–Kier alpha value is -0.820. The van der Waals surface area contributed by atoms with Gasteiger partial charge in [0.05, 0.1) is 0 Å². The molecule has 0 amide bonds. The van der Waals surface area contributed by atoms with Gasteiger partial charge in [-0.1, -0.05) is 49.1 Å². The molecule has 1 nitrogen and oxygen atoms in total. The highest BCUT2D eigenvalue weighted by Gasteiger charge is 2.56. The molecule has 0 bridgehead atoms. The average molecular weight is 229 g/mol. The molecule has 92 valence electrons. The molecule has 2 aliphatic carbocycles. The molecule has 0 heterocycles. The smallest absolute Gasteiger partial charge is 0.0259 e. The molecule has 2 saturated carbocycles. The maximum atomic E-state index is 6.64. The standard InChI is InChI=1S/C16H23N/c1-12-7-9-13(10-8-12)15-11-16(15,17)14-5-3-2-4-6-14/h7-10,14-15H,2-6,11,17H2,1H3. The fraction of sp³-hybridized carbons (Fsp3) is 0.625. The highest BCUT2D eigenvalue weighted by Crippen LogP contribution is 2.57. The van der Waals surface area contributed by atoms with Crippen LogP contribution in [0.5, 0.6) is 0 Å². The van der Waals surface area contributed by atoms with Crippen molar-refractivity contribution in [3.63, 3.8) is 0 Å². The Balaban J connectivity index is 1.73. The molecule has 0 radical (unpaired) electrons. The van der Waals surface area contributed by atoms with Crippen LogP contribution in [0.25, 0.3) is 0 Å². The lowest BCUT2D eigenvalue weighted by Gasteiger charge is -2.28. The van der Waals surface area contributed by atoms with Gasteiger partial charge in [0, 0.05) is 11.5 Å². The van der Waals surface area contributed by atoms with E-state index in [-0.39, 0.29) is 5.54 Å². The van der Waals surface area contributed by atoms with E-state index in [1.807, 2.05) is 0 Å². The molecule has 2 N–H and O–H groups in total. The first-order chi connectivity index (χ1) is 8.20. The molecular weight excluding hydrogens is 206 g/mol. The largest absolute Gasteiger partial charge is 0.324 e. The van der Waals surface area contributed by atoms with Crippen molar-refractivity contribution in [3.8, 4) is 0 Å². The third-order valence-corrected chi connectivity index (χ3v) is 4.89. The lowest BCUT2D eigenvalue weighted by atomic mass is 9.81. The lowest BCUT2D eigenvalue weighted by Crippen LogP contribution is -2.35. The van der Waals surface area contributed by atoms with Crippen LogP contribution in [0, 0.1) is 12.8 Å². The summed E-state index contributed by atoms with van der Waals surface area (Å²) in [5.74, 6) is 1.41. The maximum absolute atomic E-state index is 6.64. The molecule has 0 aliphatic heterocycles. The molecular formula is C16H23N. The number of hydrogen-bond donors (Lipinski definition) is 1. The Morgan fingerprint density at radius 1 is 1.06 bits per heavy atom. The van der Waals surface area contributed by atoms with Gasteiger partial charge in [0.25, 0.3) is 0 Å². The molecule has 1 aromatic rings. The Kier molecular flexibility index (Phi) is 2.74. The van der Waals surface area contributed by atoms with Crippen molar-refractivity contribution in [2.45, 2.75) is 56.9 Å². The quantitative estimate of drug-likeness (QED) is 0.821. The Labute approximate surface area is 104 Å². The van der Waals surface area contributed by atoms with Crippen LogP contribution in [0.2, 0.25) is 0 Å². The van der Waals surface area contributed by atoms with Gasteiger partial charge in [-0.15, -0.1) is 0 Å². The predicted molar refractivity (Wildman–Crippen MR) is 72.0 cm³/mol. The summed E-state index contributed by atoms with van der Waals surface area (Å²) in [5, 5.41) is 0. The van der Waals surface area contributed by atoms with Gasteiger partial charge in [0.1, 0.15) is 0 Å². The first kappa shape index (κ1) is 11.3. The summed E-state index contributed by atoms with van der Waals surface area (Å²) in [5.41, 5.74) is 9.57. The molecule has 1 aromatic carbocycles. The molecule has 3 rings (SSSR count). The van der Waals surface area contributed by atoms with E-state index in [1.54, 1.807) is 0 Å². The van der Waals surface area contributed by atoms with Crippen LogP contribution in [-0.2, 0) is 0 Å². The molecule has 0 saturated heterocycles. The zero-order chi connectivity index (χ0) is 11.9.